The lowest BCUT2D eigenvalue weighted by atomic mass is 10.4. The average molecular weight is 132 g/mol. The minimum Gasteiger partial charge on any atom is -0.206 e. The van der Waals surface area contributed by atoms with Crippen molar-refractivity contribution in [3.8, 4) is 0 Å². The third-order valence-electron chi connectivity index (χ3n) is 0.790. The molecule has 0 aliphatic rings. The molecule has 0 rings (SSSR count). The molecule has 2 heteroatoms. The molecule has 0 spiro atoms. The Morgan fingerprint density at radius 2 is 2.38 bits per heavy atom. The van der Waals surface area contributed by atoms with Crippen LogP contribution in [0.25, 0.3) is 0 Å². The third kappa shape index (κ3) is 2.17. The largest absolute Gasteiger partial charge is 0.206 e. The molecule has 0 fully saturated rings. The van der Waals surface area contributed by atoms with Gasteiger partial charge in [0.1, 0.15) is 5.83 Å². The number of hydrogen-bond donors (Lipinski definition) is 1. The van der Waals surface area contributed by atoms with Gasteiger partial charge in [0, 0.05) is 4.91 Å². The summed E-state index contributed by atoms with van der Waals surface area (Å²) in [7, 11) is 0. The van der Waals surface area contributed by atoms with E-state index < -0.39 is 0 Å². The summed E-state index contributed by atoms with van der Waals surface area (Å²) in [6, 6.07) is 0. The average Bonchev–Trinajstić information content (AvgIpc) is 1.84. The summed E-state index contributed by atoms with van der Waals surface area (Å²) in [5.74, 6) is -0.323. The van der Waals surface area contributed by atoms with Crippen LogP contribution in [0.2, 0.25) is 0 Å². The minimum atomic E-state index is -0.323. The van der Waals surface area contributed by atoms with E-state index in [1.807, 2.05) is 6.92 Å². The molecule has 0 nitrogen and oxygen atoms in total. The van der Waals surface area contributed by atoms with Gasteiger partial charge in [0.15, 0.2) is 0 Å². The van der Waals surface area contributed by atoms with Crippen molar-refractivity contribution in [2.45, 2.75) is 13.3 Å². The molecule has 0 aromatic heterocycles. The maximum atomic E-state index is 12.2. The summed E-state index contributed by atoms with van der Waals surface area (Å²) in [6.45, 7) is 5.09. The highest BCUT2D eigenvalue weighted by molar-refractivity contribution is 7.84. The SMILES string of the molecule is C=C/C(F)=C(/S)CC. The summed E-state index contributed by atoms with van der Waals surface area (Å²) in [5, 5.41) is 0. The summed E-state index contributed by atoms with van der Waals surface area (Å²) < 4.78 is 12.2. The van der Waals surface area contributed by atoms with Gasteiger partial charge in [-0.15, -0.1) is 12.6 Å². The highest BCUT2D eigenvalue weighted by Gasteiger charge is 1.91. The third-order valence-corrected chi connectivity index (χ3v) is 1.32. The molecule has 0 aliphatic heterocycles. The van der Waals surface area contributed by atoms with Crippen LogP contribution in [0.4, 0.5) is 4.39 Å². The van der Waals surface area contributed by atoms with E-state index in [4.69, 9.17) is 0 Å². The molecule has 0 N–H and O–H groups in total. The zero-order chi connectivity index (χ0) is 6.57. The maximum Gasteiger partial charge on any atom is 0.131 e. The molecule has 0 bridgehead atoms. The Hall–Kier alpha value is -0.240. The molecular formula is C6H9FS. The van der Waals surface area contributed by atoms with Crippen LogP contribution in [0.3, 0.4) is 0 Å². The molecule has 0 unspecified atom stereocenters. The summed E-state index contributed by atoms with van der Waals surface area (Å²) in [4.78, 5) is 0.458. The molecule has 0 aliphatic carbocycles. The lowest BCUT2D eigenvalue weighted by Gasteiger charge is -1.90. The van der Waals surface area contributed by atoms with Gasteiger partial charge in [-0.25, -0.2) is 4.39 Å². The number of allylic oxidation sites excluding steroid dienone is 3. The molecule has 0 radical (unpaired) electrons. The van der Waals surface area contributed by atoms with Crippen molar-refractivity contribution >= 4 is 12.6 Å². The van der Waals surface area contributed by atoms with Gasteiger partial charge in [-0.05, 0) is 12.5 Å². The smallest absolute Gasteiger partial charge is 0.131 e. The zero-order valence-electron chi connectivity index (χ0n) is 4.82. The Morgan fingerprint density at radius 3 is 2.50 bits per heavy atom. The van der Waals surface area contributed by atoms with E-state index >= 15 is 0 Å². The molecule has 0 aromatic carbocycles. The Labute approximate surface area is 54.5 Å². The van der Waals surface area contributed by atoms with Crippen LogP contribution >= 0.6 is 12.6 Å². The van der Waals surface area contributed by atoms with E-state index in [0.29, 0.717) is 11.3 Å². The monoisotopic (exact) mass is 132 g/mol. The first-order valence-corrected chi connectivity index (χ1v) is 2.87. The Balaban J connectivity index is 4.03. The van der Waals surface area contributed by atoms with Crippen LogP contribution in [0.15, 0.2) is 23.4 Å². The normalized spacial score (nSPS) is 12.9. The first-order valence-electron chi connectivity index (χ1n) is 2.42. The van der Waals surface area contributed by atoms with Gasteiger partial charge in [-0.3, -0.25) is 0 Å². The van der Waals surface area contributed by atoms with Crippen LogP contribution in [0, 0.1) is 0 Å². The van der Waals surface area contributed by atoms with Gasteiger partial charge in [0.2, 0.25) is 0 Å². The maximum absolute atomic E-state index is 12.2. The predicted octanol–water partition coefficient (Wildman–Crippen LogP) is 2.69. The number of halogens is 1. The fraction of sp³-hybridized carbons (Fsp3) is 0.333. The first-order chi connectivity index (χ1) is 3.72. The van der Waals surface area contributed by atoms with Crippen LogP contribution in [0.1, 0.15) is 13.3 Å². The molecule has 0 amide bonds. The minimum absolute atomic E-state index is 0.323. The van der Waals surface area contributed by atoms with Crippen molar-refractivity contribution in [3.05, 3.63) is 23.4 Å². The first kappa shape index (κ1) is 7.76. The highest BCUT2D eigenvalue weighted by Crippen LogP contribution is 2.13. The fourth-order valence-electron chi connectivity index (χ4n) is 0.287. The molecule has 0 aromatic rings. The number of hydrogen-bond acceptors (Lipinski definition) is 1. The Bertz CT molecular complexity index is 116. The van der Waals surface area contributed by atoms with Gasteiger partial charge in [-0.2, -0.15) is 0 Å². The van der Waals surface area contributed by atoms with Gasteiger partial charge < -0.3 is 0 Å². The van der Waals surface area contributed by atoms with Crippen LogP contribution in [-0.2, 0) is 0 Å². The van der Waals surface area contributed by atoms with Crippen LogP contribution in [-0.4, -0.2) is 0 Å². The highest BCUT2D eigenvalue weighted by atomic mass is 32.1. The van der Waals surface area contributed by atoms with E-state index in [1.165, 1.54) is 0 Å². The van der Waals surface area contributed by atoms with E-state index in [9.17, 15) is 4.39 Å². The number of thiol groups is 1. The number of rotatable bonds is 2. The second-order valence-corrected chi connectivity index (χ2v) is 1.89. The molecular weight excluding hydrogens is 123 g/mol. The second-order valence-electron chi connectivity index (χ2n) is 1.35. The topological polar surface area (TPSA) is 0 Å². The van der Waals surface area contributed by atoms with Crippen molar-refractivity contribution < 1.29 is 4.39 Å². The van der Waals surface area contributed by atoms with Gasteiger partial charge in [0.05, 0.1) is 0 Å². The van der Waals surface area contributed by atoms with Crippen molar-refractivity contribution in [2.24, 2.45) is 0 Å². The van der Waals surface area contributed by atoms with E-state index in [-0.39, 0.29) is 5.83 Å². The molecule has 8 heavy (non-hydrogen) atoms. The van der Waals surface area contributed by atoms with E-state index in [0.717, 1.165) is 6.08 Å². The van der Waals surface area contributed by atoms with Crippen molar-refractivity contribution in [1.29, 1.82) is 0 Å². The Kier molecular flexibility index (Phi) is 3.61. The molecule has 0 saturated heterocycles. The van der Waals surface area contributed by atoms with Crippen molar-refractivity contribution in [3.63, 3.8) is 0 Å². The lowest BCUT2D eigenvalue weighted by Crippen LogP contribution is -1.70. The fourth-order valence-corrected chi connectivity index (χ4v) is 0.378. The zero-order valence-corrected chi connectivity index (χ0v) is 5.71. The van der Waals surface area contributed by atoms with Crippen molar-refractivity contribution in [1.82, 2.24) is 0 Å². The summed E-state index contributed by atoms with van der Waals surface area (Å²) in [5.41, 5.74) is 0. The van der Waals surface area contributed by atoms with E-state index in [1.54, 1.807) is 0 Å². The predicted molar refractivity (Wildman–Crippen MR) is 37.6 cm³/mol. The van der Waals surface area contributed by atoms with Gasteiger partial charge >= 0.3 is 0 Å². The second kappa shape index (κ2) is 3.72. The van der Waals surface area contributed by atoms with Crippen LogP contribution < -0.4 is 0 Å². The van der Waals surface area contributed by atoms with E-state index in [2.05, 4.69) is 19.2 Å². The molecule has 0 saturated carbocycles. The quantitative estimate of drug-likeness (QED) is 0.433. The summed E-state index contributed by atoms with van der Waals surface area (Å²) in [6.07, 6.45) is 1.78. The lowest BCUT2D eigenvalue weighted by molar-refractivity contribution is 0.659. The van der Waals surface area contributed by atoms with Gasteiger partial charge in [-0.1, -0.05) is 13.5 Å². The summed E-state index contributed by atoms with van der Waals surface area (Å²) >= 11 is 3.84. The van der Waals surface area contributed by atoms with Gasteiger partial charge in [0.25, 0.3) is 0 Å². The molecule has 0 heterocycles. The standard InChI is InChI=1S/C6H9FS/c1-3-5(7)6(8)4-2/h3,8H,1,4H2,2H3/b6-5-. The van der Waals surface area contributed by atoms with Crippen molar-refractivity contribution in [2.75, 3.05) is 0 Å². The molecule has 0 atom stereocenters. The molecule has 46 valence electrons. The Morgan fingerprint density at radius 1 is 1.88 bits per heavy atom. The van der Waals surface area contributed by atoms with Crippen LogP contribution in [0.5, 0.6) is 0 Å².